The monoisotopic (exact) mass is 421 g/mol. The van der Waals surface area contributed by atoms with E-state index < -0.39 is 0 Å². The van der Waals surface area contributed by atoms with Crippen LogP contribution in [0.15, 0.2) is 18.2 Å². The number of rotatable bonds is 3. The molecule has 28 heavy (non-hydrogen) atoms. The van der Waals surface area contributed by atoms with E-state index in [2.05, 4.69) is 34.1 Å². The highest BCUT2D eigenvalue weighted by Crippen LogP contribution is 2.48. The molecule has 4 aliphatic rings. The van der Waals surface area contributed by atoms with Crippen molar-refractivity contribution >= 4 is 41.1 Å². The molecular formula is C22H32ClN3OS. The molecule has 0 unspecified atom stereocenters. The Morgan fingerprint density at radius 3 is 2.64 bits per heavy atom. The van der Waals surface area contributed by atoms with Crippen LogP contribution in [0.1, 0.15) is 69.5 Å². The molecular weight excluding hydrogens is 390 g/mol. The number of thiocarbonyl (C=S) groups is 1. The molecule has 0 radical (unpaired) electrons. The first kappa shape index (κ1) is 20.2. The normalized spacial score (nSPS) is 29.5. The van der Waals surface area contributed by atoms with Gasteiger partial charge in [0.15, 0.2) is 5.11 Å². The molecule has 0 aromatic heterocycles. The van der Waals surface area contributed by atoms with Crippen LogP contribution in [-0.4, -0.2) is 23.8 Å². The third-order valence-electron chi connectivity index (χ3n) is 6.84. The molecule has 0 spiro atoms. The second-order valence-corrected chi connectivity index (χ2v) is 9.25. The fourth-order valence-corrected chi connectivity index (χ4v) is 5.61. The minimum absolute atomic E-state index is 0. The molecule has 1 aromatic carbocycles. The number of hydrogen-bond donors (Lipinski definition) is 3. The third kappa shape index (κ3) is 4.27. The van der Waals surface area contributed by atoms with Gasteiger partial charge in [0.05, 0.1) is 6.10 Å². The summed E-state index contributed by atoms with van der Waals surface area (Å²) >= 11 is 5.46. The van der Waals surface area contributed by atoms with Crippen molar-refractivity contribution in [2.45, 2.75) is 76.0 Å². The van der Waals surface area contributed by atoms with E-state index in [0.717, 1.165) is 23.3 Å². The lowest BCUT2D eigenvalue weighted by Gasteiger charge is -2.47. The summed E-state index contributed by atoms with van der Waals surface area (Å²) in [5.41, 5.74) is 3.64. The van der Waals surface area contributed by atoms with Gasteiger partial charge >= 0.3 is 0 Å². The molecule has 4 nitrogen and oxygen atoms in total. The largest absolute Gasteiger partial charge is 0.381 e. The van der Waals surface area contributed by atoms with Crippen LogP contribution < -0.4 is 16.0 Å². The summed E-state index contributed by atoms with van der Waals surface area (Å²) in [6.45, 7) is 0.886. The number of halogens is 1. The average Bonchev–Trinajstić information content (AvgIpc) is 3.52. The molecule has 3 N–H and O–H groups in total. The fraction of sp³-hybridized carbons (Fsp3) is 0.682. The van der Waals surface area contributed by atoms with Crippen LogP contribution in [-0.2, 0) is 4.74 Å². The zero-order valence-corrected chi connectivity index (χ0v) is 18.0. The van der Waals surface area contributed by atoms with Gasteiger partial charge in [0.1, 0.15) is 0 Å². The van der Waals surface area contributed by atoms with Gasteiger partial charge in [-0.05, 0) is 74.9 Å². The molecule has 6 heteroatoms. The highest BCUT2D eigenvalue weighted by Gasteiger charge is 2.42. The van der Waals surface area contributed by atoms with Gasteiger partial charge in [-0.2, -0.15) is 0 Å². The van der Waals surface area contributed by atoms with Crippen molar-refractivity contribution in [3.8, 4) is 0 Å². The average molecular weight is 422 g/mol. The van der Waals surface area contributed by atoms with E-state index >= 15 is 0 Å². The number of ether oxygens (including phenoxy) is 1. The molecule has 0 amide bonds. The minimum Gasteiger partial charge on any atom is -0.381 e. The number of hydrogen-bond acceptors (Lipinski definition) is 3. The van der Waals surface area contributed by atoms with Crippen molar-refractivity contribution in [1.29, 1.82) is 0 Å². The molecule has 3 fully saturated rings. The lowest BCUT2D eigenvalue weighted by Crippen LogP contribution is -2.46. The minimum atomic E-state index is 0. The first-order valence-corrected chi connectivity index (χ1v) is 11.3. The predicted molar refractivity (Wildman–Crippen MR) is 121 cm³/mol. The standard InChI is InChI=1S/C22H31N3OS.ClH/c27-22(23-15-8-9-15)24-16-10-11-19-18(13-16)21-17(7-4-12-26-21)20(25-19)14-5-2-1-3-6-14;/h10-11,13-15,17,20-21,25H,1-9,12H2,(H2,23,24,27);1H/t17-,20+,21-;/m0./s1. The summed E-state index contributed by atoms with van der Waals surface area (Å²) in [6.07, 6.45) is 12.1. The topological polar surface area (TPSA) is 45.3 Å². The van der Waals surface area contributed by atoms with Gasteiger partial charge in [0, 0.05) is 41.5 Å². The van der Waals surface area contributed by atoms with Gasteiger partial charge in [-0.3, -0.25) is 0 Å². The van der Waals surface area contributed by atoms with Crippen LogP contribution in [0.5, 0.6) is 0 Å². The van der Waals surface area contributed by atoms with Gasteiger partial charge in [0.25, 0.3) is 0 Å². The summed E-state index contributed by atoms with van der Waals surface area (Å²) in [7, 11) is 0. The summed E-state index contributed by atoms with van der Waals surface area (Å²) < 4.78 is 6.35. The first-order chi connectivity index (χ1) is 13.3. The zero-order valence-electron chi connectivity index (χ0n) is 16.4. The Kier molecular flexibility index (Phi) is 6.34. The third-order valence-corrected chi connectivity index (χ3v) is 7.06. The van der Waals surface area contributed by atoms with Gasteiger partial charge < -0.3 is 20.7 Å². The second-order valence-electron chi connectivity index (χ2n) is 8.84. The van der Waals surface area contributed by atoms with Gasteiger partial charge in [-0.25, -0.2) is 0 Å². The van der Waals surface area contributed by atoms with E-state index in [-0.39, 0.29) is 18.5 Å². The van der Waals surface area contributed by atoms with E-state index in [1.54, 1.807) is 0 Å². The zero-order chi connectivity index (χ0) is 18.2. The van der Waals surface area contributed by atoms with E-state index in [4.69, 9.17) is 17.0 Å². The molecule has 1 aromatic rings. The van der Waals surface area contributed by atoms with Crippen LogP contribution in [0, 0.1) is 11.8 Å². The molecule has 0 bridgehead atoms. The molecule has 2 saturated carbocycles. The van der Waals surface area contributed by atoms with Crippen LogP contribution in [0.25, 0.3) is 0 Å². The lowest BCUT2D eigenvalue weighted by molar-refractivity contribution is -0.0457. The molecule has 1 saturated heterocycles. The van der Waals surface area contributed by atoms with Crippen molar-refractivity contribution in [1.82, 2.24) is 5.32 Å². The van der Waals surface area contributed by atoms with E-state index in [1.165, 1.54) is 69.0 Å². The Morgan fingerprint density at radius 1 is 1.04 bits per heavy atom. The van der Waals surface area contributed by atoms with Crippen molar-refractivity contribution in [3.05, 3.63) is 23.8 Å². The number of nitrogens with one attached hydrogen (secondary N) is 3. The quantitative estimate of drug-likeness (QED) is 0.570. The molecule has 2 aliphatic carbocycles. The summed E-state index contributed by atoms with van der Waals surface area (Å²) in [4.78, 5) is 0. The van der Waals surface area contributed by atoms with Gasteiger partial charge in [0.2, 0.25) is 0 Å². The van der Waals surface area contributed by atoms with E-state index in [0.29, 0.717) is 18.0 Å². The van der Waals surface area contributed by atoms with Crippen molar-refractivity contribution in [2.24, 2.45) is 11.8 Å². The Bertz CT molecular complexity index is 705. The van der Waals surface area contributed by atoms with Gasteiger partial charge in [-0.15, -0.1) is 12.4 Å². The van der Waals surface area contributed by atoms with Crippen LogP contribution in [0.3, 0.4) is 0 Å². The molecule has 2 aliphatic heterocycles. The number of fused-ring (bicyclic) bond motifs is 3. The Balaban J connectivity index is 0.00000192. The summed E-state index contributed by atoms with van der Waals surface area (Å²) in [5, 5.41) is 11.4. The predicted octanol–water partition coefficient (Wildman–Crippen LogP) is 5.40. The van der Waals surface area contributed by atoms with Crippen molar-refractivity contribution in [3.63, 3.8) is 0 Å². The maximum absolute atomic E-state index is 6.35. The van der Waals surface area contributed by atoms with Crippen molar-refractivity contribution in [2.75, 3.05) is 17.2 Å². The molecule has 154 valence electrons. The van der Waals surface area contributed by atoms with Crippen LogP contribution in [0.4, 0.5) is 11.4 Å². The Hall–Kier alpha value is -1.04. The number of benzene rings is 1. The highest BCUT2D eigenvalue weighted by atomic mass is 35.5. The first-order valence-electron chi connectivity index (χ1n) is 10.9. The fourth-order valence-electron chi connectivity index (χ4n) is 5.33. The van der Waals surface area contributed by atoms with Crippen LogP contribution in [0.2, 0.25) is 0 Å². The molecule has 5 rings (SSSR count). The Labute approximate surface area is 180 Å². The maximum atomic E-state index is 6.35. The smallest absolute Gasteiger partial charge is 0.170 e. The van der Waals surface area contributed by atoms with E-state index in [1.807, 2.05) is 0 Å². The van der Waals surface area contributed by atoms with Crippen molar-refractivity contribution < 1.29 is 4.74 Å². The van der Waals surface area contributed by atoms with Crippen LogP contribution >= 0.6 is 24.6 Å². The maximum Gasteiger partial charge on any atom is 0.170 e. The van der Waals surface area contributed by atoms with Gasteiger partial charge in [-0.1, -0.05) is 19.3 Å². The second kappa shape index (κ2) is 8.76. The molecule has 2 heterocycles. The van der Waals surface area contributed by atoms with E-state index in [9.17, 15) is 0 Å². The SMILES string of the molecule is Cl.S=C(Nc1ccc2c(c1)[C@H]1OCCC[C@H]1[C@@H](C1CCCCC1)N2)NC1CC1. The number of anilines is 2. The Morgan fingerprint density at radius 2 is 1.86 bits per heavy atom. The highest BCUT2D eigenvalue weighted by molar-refractivity contribution is 7.80. The lowest BCUT2D eigenvalue weighted by atomic mass is 9.71. The summed E-state index contributed by atoms with van der Waals surface area (Å²) in [5.74, 6) is 1.40. The molecule has 3 atom stereocenters. The summed E-state index contributed by atoms with van der Waals surface area (Å²) in [6, 6.07) is 7.77.